The first kappa shape index (κ1) is 18.4. The van der Waals surface area contributed by atoms with Crippen LogP contribution in [0.3, 0.4) is 0 Å². The Balaban J connectivity index is 2.09. The molecule has 0 saturated carbocycles. The van der Waals surface area contributed by atoms with Gasteiger partial charge in [0.15, 0.2) is 5.69 Å². The Morgan fingerprint density at radius 2 is 2.08 bits per heavy atom. The number of aromatic nitrogens is 2. The summed E-state index contributed by atoms with van der Waals surface area (Å²) in [6.07, 6.45) is -6.90. The normalized spacial score (nSPS) is 29.1. The molecular formula is C13H17F3N4O4. The van der Waals surface area contributed by atoms with Crippen molar-refractivity contribution in [3.05, 3.63) is 18.1 Å². The SMILES string of the molecule is C[C@@H](C(N)=O)C1OC[C@H](Nc2cncc(C(F)(F)F)n2)[C@@H](O)[C@H]1O. The van der Waals surface area contributed by atoms with Crippen molar-refractivity contribution in [2.24, 2.45) is 11.7 Å². The Morgan fingerprint density at radius 3 is 2.67 bits per heavy atom. The zero-order valence-electron chi connectivity index (χ0n) is 12.6. The van der Waals surface area contributed by atoms with Crippen LogP contribution in [0.5, 0.6) is 0 Å². The molecule has 0 spiro atoms. The van der Waals surface area contributed by atoms with Gasteiger partial charge in [-0.25, -0.2) is 4.98 Å². The van der Waals surface area contributed by atoms with Gasteiger partial charge in [-0.2, -0.15) is 13.2 Å². The minimum Gasteiger partial charge on any atom is -0.388 e. The molecular weight excluding hydrogens is 333 g/mol. The van der Waals surface area contributed by atoms with Crippen LogP contribution in [0, 0.1) is 5.92 Å². The average molecular weight is 350 g/mol. The number of primary amides is 1. The van der Waals surface area contributed by atoms with Crippen LogP contribution in [0.2, 0.25) is 0 Å². The van der Waals surface area contributed by atoms with Crippen LogP contribution < -0.4 is 11.1 Å². The largest absolute Gasteiger partial charge is 0.434 e. The summed E-state index contributed by atoms with van der Waals surface area (Å²) >= 11 is 0. The third kappa shape index (κ3) is 3.91. The van der Waals surface area contributed by atoms with E-state index in [2.05, 4.69) is 15.3 Å². The molecule has 0 aromatic carbocycles. The number of nitrogens with two attached hydrogens (primary N) is 1. The predicted molar refractivity (Wildman–Crippen MR) is 74.6 cm³/mol. The van der Waals surface area contributed by atoms with Gasteiger partial charge in [-0.1, -0.05) is 6.92 Å². The fourth-order valence-corrected chi connectivity index (χ4v) is 2.34. The number of rotatable bonds is 4. The van der Waals surface area contributed by atoms with Gasteiger partial charge >= 0.3 is 6.18 Å². The minimum atomic E-state index is -4.66. The van der Waals surface area contributed by atoms with Gasteiger partial charge < -0.3 is 26.0 Å². The number of nitrogens with zero attached hydrogens (tertiary/aromatic N) is 2. The van der Waals surface area contributed by atoms with E-state index in [1.54, 1.807) is 0 Å². The molecule has 1 aromatic rings. The maximum atomic E-state index is 12.6. The number of hydrogen-bond donors (Lipinski definition) is 4. The summed E-state index contributed by atoms with van der Waals surface area (Å²) in [7, 11) is 0. The predicted octanol–water partition coefficient (Wildman–Crippen LogP) is -0.482. The third-order valence-corrected chi connectivity index (χ3v) is 3.77. The van der Waals surface area contributed by atoms with Gasteiger partial charge in [0.2, 0.25) is 5.91 Å². The number of ether oxygens (including phenoxy) is 1. The van der Waals surface area contributed by atoms with Crippen LogP contribution in [0.1, 0.15) is 12.6 Å². The monoisotopic (exact) mass is 350 g/mol. The second-order valence-corrected chi connectivity index (χ2v) is 5.51. The van der Waals surface area contributed by atoms with Gasteiger partial charge in [0.05, 0.1) is 37.1 Å². The summed E-state index contributed by atoms with van der Waals surface area (Å²) in [6, 6.07) is -0.936. The fraction of sp³-hybridized carbons (Fsp3) is 0.615. The minimum absolute atomic E-state index is 0.168. The van der Waals surface area contributed by atoms with E-state index in [4.69, 9.17) is 10.5 Å². The first-order chi connectivity index (χ1) is 11.1. The number of aliphatic hydroxyl groups is 2. The van der Waals surface area contributed by atoms with E-state index in [1.807, 2.05) is 0 Å². The topological polar surface area (TPSA) is 131 Å². The fourth-order valence-electron chi connectivity index (χ4n) is 2.34. The molecule has 1 unspecified atom stereocenters. The van der Waals surface area contributed by atoms with E-state index in [-0.39, 0.29) is 12.4 Å². The van der Waals surface area contributed by atoms with E-state index < -0.39 is 48.0 Å². The quantitative estimate of drug-likeness (QED) is 0.577. The van der Waals surface area contributed by atoms with Crippen molar-refractivity contribution in [3.8, 4) is 0 Å². The highest BCUT2D eigenvalue weighted by molar-refractivity contribution is 5.77. The Morgan fingerprint density at radius 1 is 1.42 bits per heavy atom. The van der Waals surface area contributed by atoms with Gasteiger partial charge in [0.1, 0.15) is 18.0 Å². The van der Waals surface area contributed by atoms with Crippen LogP contribution in [0.25, 0.3) is 0 Å². The maximum absolute atomic E-state index is 12.6. The molecule has 0 bridgehead atoms. The highest BCUT2D eigenvalue weighted by atomic mass is 19.4. The molecule has 1 amide bonds. The number of carbonyl (C=O) groups excluding carboxylic acids is 1. The highest BCUT2D eigenvalue weighted by Crippen LogP contribution is 2.28. The zero-order valence-corrected chi connectivity index (χ0v) is 12.6. The number of carbonyl (C=O) groups is 1. The molecule has 1 aliphatic rings. The molecule has 24 heavy (non-hydrogen) atoms. The zero-order chi connectivity index (χ0) is 18.1. The molecule has 0 aliphatic carbocycles. The number of anilines is 1. The summed E-state index contributed by atoms with van der Waals surface area (Å²) in [4.78, 5) is 18.0. The van der Waals surface area contributed by atoms with Crippen LogP contribution in [0.15, 0.2) is 12.4 Å². The summed E-state index contributed by atoms with van der Waals surface area (Å²) in [5.74, 6) is -1.78. The highest BCUT2D eigenvalue weighted by Gasteiger charge is 2.42. The molecule has 2 rings (SSSR count). The van der Waals surface area contributed by atoms with Crippen molar-refractivity contribution < 1.29 is 32.9 Å². The van der Waals surface area contributed by atoms with Crippen molar-refractivity contribution in [1.29, 1.82) is 0 Å². The second-order valence-electron chi connectivity index (χ2n) is 5.51. The van der Waals surface area contributed by atoms with E-state index in [1.165, 1.54) is 6.92 Å². The number of aliphatic hydroxyl groups excluding tert-OH is 2. The molecule has 5 atom stereocenters. The van der Waals surface area contributed by atoms with Gasteiger partial charge in [-0.3, -0.25) is 9.78 Å². The third-order valence-electron chi connectivity index (χ3n) is 3.77. The van der Waals surface area contributed by atoms with Crippen molar-refractivity contribution in [2.75, 3.05) is 11.9 Å². The van der Waals surface area contributed by atoms with Crippen LogP contribution in [-0.2, 0) is 15.7 Å². The summed E-state index contributed by atoms with van der Waals surface area (Å²) in [6.45, 7) is 1.27. The number of amides is 1. The molecule has 134 valence electrons. The van der Waals surface area contributed by atoms with Crippen molar-refractivity contribution in [1.82, 2.24) is 9.97 Å². The number of nitrogens with one attached hydrogen (secondary N) is 1. The smallest absolute Gasteiger partial charge is 0.388 e. The van der Waals surface area contributed by atoms with Gasteiger partial charge in [0.25, 0.3) is 0 Å². The Hall–Kier alpha value is -1.98. The van der Waals surface area contributed by atoms with Gasteiger partial charge in [-0.05, 0) is 0 Å². The van der Waals surface area contributed by atoms with Crippen LogP contribution in [-0.4, -0.2) is 57.0 Å². The molecule has 1 aliphatic heterocycles. The van der Waals surface area contributed by atoms with Crippen molar-refractivity contribution >= 4 is 11.7 Å². The lowest BCUT2D eigenvalue weighted by Crippen LogP contribution is -2.58. The lowest BCUT2D eigenvalue weighted by molar-refractivity contribution is -0.163. The van der Waals surface area contributed by atoms with Crippen molar-refractivity contribution in [2.45, 2.75) is 37.5 Å². The van der Waals surface area contributed by atoms with Gasteiger partial charge in [-0.15, -0.1) is 0 Å². The number of halogens is 3. The average Bonchev–Trinajstić information content (AvgIpc) is 2.51. The summed E-state index contributed by atoms with van der Waals surface area (Å²) in [5.41, 5.74) is 3.94. The maximum Gasteiger partial charge on any atom is 0.434 e. The van der Waals surface area contributed by atoms with E-state index in [0.717, 1.165) is 6.20 Å². The molecule has 2 heterocycles. The van der Waals surface area contributed by atoms with Crippen LogP contribution >= 0.6 is 0 Å². The Kier molecular flexibility index (Phi) is 5.26. The lowest BCUT2D eigenvalue weighted by Gasteiger charge is -2.39. The molecule has 8 nitrogen and oxygen atoms in total. The summed E-state index contributed by atoms with van der Waals surface area (Å²) < 4.78 is 43.2. The first-order valence-electron chi connectivity index (χ1n) is 7.04. The number of alkyl halides is 3. The van der Waals surface area contributed by atoms with Crippen LogP contribution in [0.4, 0.5) is 19.0 Å². The molecule has 5 N–H and O–H groups in total. The Labute approximate surface area is 134 Å². The molecule has 1 saturated heterocycles. The molecule has 1 fully saturated rings. The Bertz CT molecular complexity index is 601. The van der Waals surface area contributed by atoms with Crippen molar-refractivity contribution in [3.63, 3.8) is 0 Å². The van der Waals surface area contributed by atoms with E-state index in [9.17, 15) is 28.2 Å². The first-order valence-corrected chi connectivity index (χ1v) is 7.04. The standard InChI is InChI=1S/C13H17F3N4O4/c1-5(12(17)23)11-10(22)9(21)6(4-24-11)19-8-3-18-2-7(20-8)13(14,15)16/h2-3,5-6,9-11,21-22H,4H2,1H3,(H2,17,23)(H,19,20)/t5-,6+,9-,10-,11?/m1/s1. The molecule has 11 heteroatoms. The lowest BCUT2D eigenvalue weighted by atomic mass is 9.90. The van der Waals surface area contributed by atoms with Gasteiger partial charge in [0, 0.05) is 0 Å². The molecule has 0 radical (unpaired) electrons. The molecule has 1 aromatic heterocycles. The van der Waals surface area contributed by atoms with E-state index in [0.29, 0.717) is 6.20 Å². The number of hydrogen-bond acceptors (Lipinski definition) is 7. The second kappa shape index (κ2) is 6.87. The van der Waals surface area contributed by atoms with E-state index >= 15 is 0 Å². The summed E-state index contributed by atoms with van der Waals surface area (Å²) in [5, 5.41) is 22.7.